The molecule has 1 aliphatic heterocycles. The van der Waals surface area contributed by atoms with E-state index in [4.69, 9.17) is 0 Å². The van der Waals surface area contributed by atoms with Crippen molar-refractivity contribution >= 4 is 26.8 Å². The molecule has 1 atom stereocenters. The Morgan fingerprint density at radius 1 is 0.972 bits per heavy atom. The van der Waals surface area contributed by atoms with Gasteiger partial charge in [-0.05, 0) is 36.7 Å². The van der Waals surface area contributed by atoms with E-state index in [9.17, 15) is 22.8 Å². The standard InChI is InChI=1S/C25H31N5O5S/c1-4-29-12-14-30(15-13-29)24(32)21(16-18-8-6-5-7-9-18)26-36(34,35)19-10-11-22-20(17-19)23(31)28(3)25(33)27(22)2/h5-11,17,21,26H,4,12-16H2,1-3H3/t21-/m0/s1. The molecule has 1 aliphatic rings. The smallest absolute Gasteiger partial charge is 0.330 e. The number of aryl methyl sites for hydroxylation is 1. The zero-order valence-corrected chi connectivity index (χ0v) is 21.5. The summed E-state index contributed by atoms with van der Waals surface area (Å²) >= 11 is 0. The zero-order chi connectivity index (χ0) is 26.0. The van der Waals surface area contributed by atoms with Crippen molar-refractivity contribution in [2.24, 2.45) is 14.1 Å². The molecule has 1 aromatic heterocycles. The number of hydrogen-bond acceptors (Lipinski definition) is 6. The van der Waals surface area contributed by atoms with Gasteiger partial charge < -0.3 is 9.80 Å². The van der Waals surface area contributed by atoms with E-state index >= 15 is 0 Å². The van der Waals surface area contributed by atoms with Gasteiger partial charge >= 0.3 is 5.69 Å². The highest BCUT2D eigenvalue weighted by Crippen LogP contribution is 2.17. The Morgan fingerprint density at radius 3 is 2.28 bits per heavy atom. The van der Waals surface area contributed by atoms with Gasteiger partial charge in [0, 0.05) is 40.3 Å². The van der Waals surface area contributed by atoms with Crippen LogP contribution in [0.2, 0.25) is 0 Å². The van der Waals surface area contributed by atoms with Crippen LogP contribution in [0.15, 0.2) is 63.0 Å². The molecule has 1 N–H and O–H groups in total. The highest BCUT2D eigenvalue weighted by molar-refractivity contribution is 7.89. The molecule has 2 heterocycles. The third-order valence-corrected chi connectivity index (χ3v) is 8.23. The summed E-state index contributed by atoms with van der Waals surface area (Å²) < 4.78 is 31.7. The third kappa shape index (κ3) is 5.13. The van der Waals surface area contributed by atoms with E-state index in [-0.39, 0.29) is 22.6 Å². The number of rotatable bonds is 7. The van der Waals surface area contributed by atoms with Crippen molar-refractivity contribution in [3.63, 3.8) is 0 Å². The SMILES string of the molecule is CCN1CCN(C(=O)[C@H](Cc2ccccc2)NS(=O)(=O)c2ccc3c(c2)c(=O)n(C)c(=O)n3C)CC1. The zero-order valence-electron chi connectivity index (χ0n) is 20.7. The molecule has 0 unspecified atom stereocenters. The molecule has 0 spiro atoms. The second-order valence-corrected chi connectivity index (χ2v) is 10.7. The van der Waals surface area contributed by atoms with Crippen LogP contribution in [0.4, 0.5) is 0 Å². The van der Waals surface area contributed by atoms with Gasteiger partial charge in [-0.1, -0.05) is 37.3 Å². The van der Waals surface area contributed by atoms with E-state index in [1.807, 2.05) is 30.3 Å². The van der Waals surface area contributed by atoms with Gasteiger partial charge in [0.1, 0.15) is 6.04 Å². The summed E-state index contributed by atoms with van der Waals surface area (Å²) in [4.78, 5) is 42.2. The van der Waals surface area contributed by atoms with Gasteiger partial charge in [-0.3, -0.25) is 18.7 Å². The number of piperazine rings is 1. The number of carbonyl (C=O) groups is 1. The first-order valence-corrected chi connectivity index (χ1v) is 13.4. The molecule has 11 heteroatoms. The van der Waals surface area contributed by atoms with E-state index in [0.29, 0.717) is 18.6 Å². The lowest BCUT2D eigenvalue weighted by molar-refractivity contribution is -0.134. The van der Waals surface area contributed by atoms with Crippen LogP contribution in [0.1, 0.15) is 12.5 Å². The van der Waals surface area contributed by atoms with Crippen LogP contribution >= 0.6 is 0 Å². The fourth-order valence-electron chi connectivity index (χ4n) is 4.53. The fourth-order valence-corrected chi connectivity index (χ4v) is 5.75. The number of nitrogens with one attached hydrogen (secondary N) is 1. The average Bonchev–Trinajstić information content (AvgIpc) is 2.90. The van der Waals surface area contributed by atoms with Crippen molar-refractivity contribution in [3.05, 3.63) is 74.9 Å². The first-order chi connectivity index (χ1) is 17.1. The predicted molar refractivity (Wildman–Crippen MR) is 137 cm³/mol. The van der Waals surface area contributed by atoms with Crippen LogP contribution in [0.25, 0.3) is 10.9 Å². The van der Waals surface area contributed by atoms with Crippen LogP contribution in [-0.2, 0) is 35.3 Å². The Bertz CT molecular complexity index is 1490. The number of amides is 1. The maximum absolute atomic E-state index is 13.5. The van der Waals surface area contributed by atoms with Crippen LogP contribution in [-0.4, -0.2) is 72.0 Å². The minimum Gasteiger partial charge on any atom is -0.339 e. The maximum Gasteiger partial charge on any atom is 0.330 e. The van der Waals surface area contributed by atoms with E-state index in [1.165, 1.54) is 36.9 Å². The second kappa shape index (κ2) is 10.4. The van der Waals surface area contributed by atoms with Crippen molar-refractivity contribution in [2.75, 3.05) is 32.7 Å². The molecule has 0 radical (unpaired) electrons. The summed E-state index contributed by atoms with van der Waals surface area (Å²) in [5, 5.41) is 0.101. The number of sulfonamides is 1. The summed E-state index contributed by atoms with van der Waals surface area (Å²) in [6, 6.07) is 12.3. The lowest BCUT2D eigenvalue weighted by Crippen LogP contribution is -2.55. The normalized spacial score (nSPS) is 15.8. The Balaban J connectivity index is 1.67. The molecular weight excluding hydrogens is 482 g/mol. The van der Waals surface area contributed by atoms with E-state index < -0.39 is 27.3 Å². The van der Waals surface area contributed by atoms with Gasteiger partial charge in [0.15, 0.2) is 0 Å². The minimum atomic E-state index is -4.17. The van der Waals surface area contributed by atoms with Gasteiger partial charge in [-0.15, -0.1) is 0 Å². The van der Waals surface area contributed by atoms with E-state index in [0.717, 1.165) is 29.8 Å². The summed E-state index contributed by atoms with van der Waals surface area (Å²) in [6.07, 6.45) is 0.191. The van der Waals surface area contributed by atoms with Gasteiger partial charge in [0.25, 0.3) is 5.56 Å². The highest BCUT2D eigenvalue weighted by atomic mass is 32.2. The van der Waals surface area contributed by atoms with Gasteiger partial charge in [-0.25, -0.2) is 13.2 Å². The van der Waals surface area contributed by atoms with Crippen LogP contribution in [0.3, 0.4) is 0 Å². The van der Waals surface area contributed by atoms with Crippen molar-refractivity contribution in [1.29, 1.82) is 0 Å². The number of nitrogens with zero attached hydrogens (tertiary/aromatic N) is 4. The van der Waals surface area contributed by atoms with Crippen molar-refractivity contribution in [3.8, 4) is 0 Å². The molecule has 0 aliphatic carbocycles. The van der Waals surface area contributed by atoms with Crippen molar-refractivity contribution in [2.45, 2.75) is 24.3 Å². The molecule has 36 heavy (non-hydrogen) atoms. The van der Waals surface area contributed by atoms with Gasteiger partial charge in [0.05, 0.1) is 15.8 Å². The van der Waals surface area contributed by atoms with Gasteiger partial charge in [-0.2, -0.15) is 4.72 Å². The Kier molecular flexibility index (Phi) is 7.43. The number of fused-ring (bicyclic) bond motifs is 1. The molecule has 3 aromatic rings. The summed E-state index contributed by atoms with van der Waals surface area (Å²) in [5.74, 6) is -0.280. The number of benzene rings is 2. The minimum absolute atomic E-state index is 0.101. The van der Waals surface area contributed by atoms with Crippen LogP contribution in [0, 0.1) is 0 Å². The lowest BCUT2D eigenvalue weighted by Gasteiger charge is -2.36. The average molecular weight is 514 g/mol. The summed E-state index contributed by atoms with van der Waals surface area (Å²) in [5.41, 5.74) is 0.0645. The molecule has 1 fully saturated rings. The monoisotopic (exact) mass is 513 g/mol. The molecule has 10 nitrogen and oxygen atoms in total. The maximum atomic E-state index is 13.5. The first-order valence-electron chi connectivity index (χ1n) is 11.9. The first kappa shape index (κ1) is 25.8. The molecule has 0 saturated carbocycles. The summed E-state index contributed by atoms with van der Waals surface area (Å²) in [6.45, 7) is 5.49. The Morgan fingerprint density at radius 2 is 1.64 bits per heavy atom. The van der Waals surface area contributed by atoms with Crippen molar-refractivity contribution in [1.82, 2.24) is 23.7 Å². The molecule has 1 amide bonds. The molecule has 192 valence electrons. The number of carbonyl (C=O) groups excluding carboxylic acids is 1. The third-order valence-electron chi connectivity index (χ3n) is 6.76. The molecule has 0 bridgehead atoms. The molecule has 1 saturated heterocycles. The quantitative estimate of drug-likeness (QED) is 0.486. The predicted octanol–water partition coefficient (Wildman–Crippen LogP) is 0.291. The largest absolute Gasteiger partial charge is 0.339 e. The van der Waals surface area contributed by atoms with Crippen molar-refractivity contribution < 1.29 is 13.2 Å². The Labute approximate surface area is 209 Å². The molecule has 2 aromatic carbocycles. The van der Waals surface area contributed by atoms with E-state index in [2.05, 4.69) is 16.5 Å². The highest BCUT2D eigenvalue weighted by Gasteiger charge is 2.31. The topological polar surface area (TPSA) is 114 Å². The number of likely N-dealkylation sites (N-methyl/N-ethyl adjacent to an activating group) is 1. The number of hydrogen-bond donors (Lipinski definition) is 1. The summed E-state index contributed by atoms with van der Waals surface area (Å²) in [7, 11) is -1.31. The van der Waals surface area contributed by atoms with E-state index in [1.54, 1.807) is 4.90 Å². The lowest BCUT2D eigenvalue weighted by atomic mass is 10.1. The van der Waals surface area contributed by atoms with Crippen LogP contribution < -0.4 is 16.0 Å². The van der Waals surface area contributed by atoms with Gasteiger partial charge in [0.2, 0.25) is 15.9 Å². The Hall–Kier alpha value is -3.28. The molecular formula is C25H31N5O5S. The molecule has 4 rings (SSSR count). The number of aromatic nitrogens is 2. The van der Waals surface area contributed by atoms with Crippen LogP contribution in [0.5, 0.6) is 0 Å². The second-order valence-electron chi connectivity index (χ2n) is 9.01. The fraction of sp³-hybridized carbons (Fsp3) is 0.400.